The summed E-state index contributed by atoms with van der Waals surface area (Å²) in [7, 11) is -1.40. The lowest BCUT2D eigenvalue weighted by Gasteiger charge is -2.06. The zero-order valence-electron chi connectivity index (χ0n) is 29.8. The summed E-state index contributed by atoms with van der Waals surface area (Å²) < 4.78 is 0.946. The molecule has 9 rings (SSSR count). The normalized spacial score (nSPS) is 10.2. The molecular weight excluding hydrogens is 779 g/mol. The minimum atomic E-state index is -1.40. The van der Waals surface area contributed by atoms with Crippen molar-refractivity contribution in [1.29, 1.82) is 10.5 Å². The smallest absolute Gasteiger partial charge is 0.423 e. The lowest BCUT2D eigenvalue weighted by molar-refractivity contribution is 0.426. The molecule has 0 aliphatic carbocycles. The Balaban J connectivity index is 0.000000131. The standard InChI is InChI=1S/C15H12N2S.C15H10N2.C8H8BNO2.C7H4BrN/c16-15(18)11-4-1-3-10(9-11)12-5-2-6-14-13(12)7-8-17-14;16-10-11-3-1-4-12(9-11)13-5-2-6-15-14(13)7-8-17-15;11-9(12)7-2-1-3-8-6(7)4-5-10-8;8-7-3-1-2-6(4-7)5-9/h1-9,17H,(H2,16,18);1-9,17H;1-5,10-12H;1-4H. The van der Waals surface area contributed by atoms with Gasteiger partial charge in [0.1, 0.15) is 4.99 Å². The first-order chi connectivity index (χ1) is 27.2. The molecule has 0 aliphatic rings. The highest BCUT2D eigenvalue weighted by atomic mass is 79.9. The van der Waals surface area contributed by atoms with E-state index in [1.54, 1.807) is 30.5 Å². The van der Waals surface area contributed by atoms with Crippen molar-refractivity contribution in [3.8, 4) is 34.4 Å². The average molecular weight is 814 g/mol. The molecule has 272 valence electrons. The van der Waals surface area contributed by atoms with Gasteiger partial charge in [-0.3, -0.25) is 0 Å². The Hall–Kier alpha value is -6.73. The number of rotatable bonds is 4. The first kappa shape index (κ1) is 39.0. The predicted molar refractivity (Wildman–Crippen MR) is 235 cm³/mol. The van der Waals surface area contributed by atoms with E-state index in [4.69, 9.17) is 38.5 Å². The van der Waals surface area contributed by atoms with E-state index < -0.39 is 7.12 Å². The van der Waals surface area contributed by atoms with Gasteiger partial charge < -0.3 is 30.7 Å². The SMILES string of the molecule is N#Cc1cccc(-c2cccc3[nH]ccc23)c1.N#Cc1cccc(Br)c1.NC(=S)c1cccc(-c2cccc3[nH]ccc23)c1.OB(O)c1cccc2[nH]ccc12. The molecule has 0 fully saturated rings. The van der Waals surface area contributed by atoms with Crippen LogP contribution in [0.25, 0.3) is 55.0 Å². The fourth-order valence-corrected chi connectivity index (χ4v) is 6.69. The van der Waals surface area contributed by atoms with E-state index in [2.05, 4.69) is 73.3 Å². The lowest BCUT2D eigenvalue weighted by atomic mass is 9.78. The maximum atomic E-state index is 8.98. The van der Waals surface area contributed by atoms with Gasteiger partial charge >= 0.3 is 7.12 Å². The Kier molecular flexibility index (Phi) is 12.9. The van der Waals surface area contributed by atoms with Crippen LogP contribution in [0.2, 0.25) is 0 Å². The van der Waals surface area contributed by atoms with Gasteiger partial charge in [-0.15, -0.1) is 0 Å². The molecule has 11 heteroatoms. The van der Waals surface area contributed by atoms with E-state index >= 15 is 0 Å². The molecule has 0 unspecified atom stereocenters. The second-order valence-electron chi connectivity index (χ2n) is 12.4. The molecule has 3 aromatic heterocycles. The van der Waals surface area contributed by atoms with E-state index in [1.165, 1.54) is 16.3 Å². The van der Waals surface area contributed by atoms with Gasteiger partial charge in [-0.2, -0.15) is 10.5 Å². The molecule has 0 radical (unpaired) electrons. The molecule has 3 heterocycles. The zero-order valence-corrected chi connectivity index (χ0v) is 32.2. The van der Waals surface area contributed by atoms with Gasteiger partial charge in [0.2, 0.25) is 0 Å². The Morgan fingerprint density at radius 2 is 1.04 bits per heavy atom. The van der Waals surface area contributed by atoms with Crippen LogP contribution in [0, 0.1) is 22.7 Å². The van der Waals surface area contributed by atoms with Crippen LogP contribution < -0.4 is 11.2 Å². The highest BCUT2D eigenvalue weighted by Gasteiger charge is 2.14. The predicted octanol–water partition coefficient (Wildman–Crippen LogP) is 9.34. The third-order valence-corrected chi connectivity index (χ3v) is 9.54. The quantitative estimate of drug-likeness (QED) is 0.0767. The van der Waals surface area contributed by atoms with E-state index in [1.807, 2.05) is 103 Å². The van der Waals surface area contributed by atoms with Gasteiger partial charge in [-0.05, 0) is 106 Å². The van der Waals surface area contributed by atoms with Crippen molar-refractivity contribution >= 4 is 78.4 Å². The molecule has 0 amide bonds. The Morgan fingerprint density at radius 1 is 0.571 bits per heavy atom. The first-order valence-electron chi connectivity index (χ1n) is 17.4. The number of nitriles is 2. The maximum Gasteiger partial charge on any atom is 0.489 e. The summed E-state index contributed by atoms with van der Waals surface area (Å²) in [5.41, 5.74) is 16.2. The van der Waals surface area contributed by atoms with Gasteiger partial charge in [-0.25, -0.2) is 0 Å². The minimum absolute atomic E-state index is 0.429. The monoisotopic (exact) mass is 812 g/mol. The summed E-state index contributed by atoms with van der Waals surface area (Å²) in [4.78, 5) is 9.83. The summed E-state index contributed by atoms with van der Waals surface area (Å²) in [5.74, 6) is 0. The largest absolute Gasteiger partial charge is 0.489 e. The molecule has 7 N–H and O–H groups in total. The van der Waals surface area contributed by atoms with Crippen molar-refractivity contribution < 1.29 is 10.0 Å². The second-order valence-corrected chi connectivity index (χ2v) is 13.8. The molecular formula is C45H34BBrN6O2S. The number of hydrogen-bond donors (Lipinski definition) is 6. The van der Waals surface area contributed by atoms with Crippen LogP contribution in [0.5, 0.6) is 0 Å². The van der Waals surface area contributed by atoms with Gasteiger partial charge in [0, 0.05) is 55.9 Å². The highest BCUT2D eigenvalue weighted by Crippen LogP contribution is 2.29. The molecule has 0 spiro atoms. The third-order valence-electron chi connectivity index (χ3n) is 8.81. The average Bonchev–Trinajstić information content (AvgIpc) is 4.03. The molecule has 0 aliphatic heterocycles. The Bertz CT molecular complexity index is 2850. The van der Waals surface area contributed by atoms with Gasteiger partial charge in [0.15, 0.2) is 0 Å². The highest BCUT2D eigenvalue weighted by molar-refractivity contribution is 9.10. The Labute approximate surface area is 337 Å². The number of thiocarbonyl (C=S) groups is 1. The number of aromatic amines is 3. The molecule has 0 atom stereocenters. The van der Waals surface area contributed by atoms with Crippen molar-refractivity contribution in [2.24, 2.45) is 5.73 Å². The number of hydrogen-bond acceptors (Lipinski definition) is 5. The molecule has 0 bridgehead atoms. The number of nitrogens with two attached hydrogens (primary N) is 1. The maximum absolute atomic E-state index is 8.98. The fraction of sp³-hybridized carbons (Fsp3) is 0. The van der Waals surface area contributed by atoms with Crippen LogP contribution in [0.3, 0.4) is 0 Å². The number of H-pyrrole nitrogens is 3. The van der Waals surface area contributed by atoms with Crippen LogP contribution in [-0.4, -0.2) is 37.1 Å². The van der Waals surface area contributed by atoms with Crippen LogP contribution in [0.1, 0.15) is 16.7 Å². The summed E-state index contributed by atoms with van der Waals surface area (Å²) in [6.45, 7) is 0. The lowest BCUT2D eigenvalue weighted by Crippen LogP contribution is -2.29. The number of fused-ring (bicyclic) bond motifs is 3. The third kappa shape index (κ3) is 9.49. The molecule has 8 nitrogen and oxygen atoms in total. The molecule has 0 saturated carbocycles. The molecule has 6 aromatic carbocycles. The van der Waals surface area contributed by atoms with Crippen molar-refractivity contribution in [3.63, 3.8) is 0 Å². The number of aromatic nitrogens is 3. The van der Waals surface area contributed by atoms with E-state index in [0.717, 1.165) is 48.7 Å². The fourth-order valence-electron chi connectivity index (χ4n) is 6.16. The van der Waals surface area contributed by atoms with Crippen molar-refractivity contribution in [1.82, 2.24) is 15.0 Å². The van der Waals surface area contributed by atoms with Crippen molar-refractivity contribution in [2.45, 2.75) is 0 Å². The van der Waals surface area contributed by atoms with E-state index in [0.29, 0.717) is 21.6 Å². The van der Waals surface area contributed by atoms with Crippen LogP contribution in [0.4, 0.5) is 0 Å². The zero-order chi connectivity index (χ0) is 39.4. The van der Waals surface area contributed by atoms with Crippen LogP contribution in [0.15, 0.2) is 169 Å². The number of benzene rings is 6. The van der Waals surface area contributed by atoms with Gasteiger partial charge in [0.05, 0.1) is 23.3 Å². The molecule has 9 aromatic rings. The summed E-state index contributed by atoms with van der Waals surface area (Å²) in [5, 5.41) is 38.5. The van der Waals surface area contributed by atoms with Crippen LogP contribution in [-0.2, 0) is 0 Å². The number of halogens is 1. The second kappa shape index (κ2) is 18.5. The number of nitrogens with zero attached hydrogens (tertiary/aromatic N) is 2. The summed E-state index contributed by atoms with van der Waals surface area (Å²) >= 11 is 8.27. The van der Waals surface area contributed by atoms with Crippen molar-refractivity contribution in [3.05, 3.63) is 185 Å². The topological polar surface area (TPSA) is 161 Å². The Morgan fingerprint density at radius 3 is 1.55 bits per heavy atom. The minimum Gasteiger partial charge on any atom is -0.423 e. The van der Waals surface area contributed by atoms with E-state index in [9.17, 15) is 0 Å². The summed E-state index contributed by atoms with van der Waals surface area (Å²) in [6.07, 6.45) is 5.66. The van der Waals surface area contributed by atoms with E-state index in [-0.39, 0.29) is 0 Å². The molecule has 0 saturated heterocycles. The summed E-state index contributed by atoms with van der Waals surface area (Å²) in [6, 6.07) is 50.9. The number of nitrogens with one attached hydrogen (secondary N) is 3. The van der Waals surface area contributed by atoms with Gasteiger partial charge in [-0.1, -0.05) is 101 Å². The first-order valence-corrected chi connectivity index (χ1v) is 18.6. The van der Waals surface area contributed by atoms with Gasteiger partial charge in [0.25, 0.3) is 0 Å². The van der Waals surface area contributed by atoms with Crippen LogP contribution >= 0.6 is 28.1 Å². The molecule has 56 heavy (non-hydrogen) atoms. The van der Waals surface area contributed by atoms with Crippen molar-refractivity contribution in [2.75, 3.05) is 0 Å².